The second-order valence-corrected chi connectivity index (χ2v) is 8.78. The number of benzene rings is 2. The maximum absolute atomic E-state index is 13.5. The summed E-state index contributed by atoms with van der Waals surface area (Å²) >= 11 is 6.36. The fourth-order valence-electron chi connectivity index (χ4n) is 4.67. The van der Waals surface area contributed by atoms with Crippen molar-refractivity contribution in [3.8, 4) is 0 Å². The molecule has 2 fully saturated rings. The van der Waals surface area contributed by atoms with E-state index in [1.165, 1.54) is 11.3 Å². The molecule has 0 aliphatic carbocycles. The Bertz CT molecular complexity index is 1140. The van der Waals surface area contributed by atoms with E-state index in [1.807, 2.05) is 23.1 Å². The Morgan fingerprint density at radius 2 is 1.69 bits per heavy atom. The van der Waals surface area contributed by atoms with Crippen molar-refractivity contribution in [2.45, 2.75) is 6.92 Å². The Hall–Kier alpha value is -2.83. The lowest BCUT2D eigenvalue weighted by atomic mass is 10.1. The number of fused-ring (bicyclic) bond motifs is 1. The molecule has 2 aliphatic heterocycles. The van der Waals surface area contributed by atoms with Crippen molar-refractivity contribution in [1.29, 1.82) is 0 Å². The zero-order chi connectivity index (χ0) is 22.1. The van der Waals surface area contributed by atoms with Crippen LogP contribution >= 0.6 is 11.6 Å². The highest BCUT2D eigenvalue weighted by Gasteiger charge is 2.28. The van der Waals surface area contributed by atoms with Crippen molar-refractivity contribution in [2.24, 2.45) is 0 Å². The quantitative estimate of drug-likeness (QED) is 0.603. The molecule has 32 heavy (non-hydrogen) atoms. The number of halogens is 1. The predicted octanol–water partition coefficient (Wildman–Crippen LogP) is 4.00. The molecule has 1 amide bonds. The van der Waals surface area contributed by atoms with Gasteiger partial charge in [-0.2, -0.15) is 0 Å². The minimum atomic E-state index is 0.0130. The van der Waals surface area contributed by atoms with Crippen LogP contribution in [-0.4, -0.2) is 68.3 Å². The molecule has 0 spiro atoms. The van der Waals surface area contributed by atoms with Crippen LogP contribution in [0.2, 0.25) is 5.02 Å². The molecule has 0 bridgehead atoms. The molecule has 6 nitrogen and oxygen atoms in total. The lowest BCUT2D eigenvalue weighted by molar-refractivity contribution is 0.0303. The first-order valence-electron chi connectivity index (χ1n) is 11.1. The summed E-state index contributed by atoms with van der Waals surface area (Å²) in [7, 11) is 0. The summed E-state index contributed by atoms with van der Waals surface area (Å²) < 4.78 is 5.44. The van der Waals surface area contributed by atoms with Crippen molar-refractivity contribution < 1.29 is 9.53 Å². The van der Waals surface area contributed by atoms with Gasteiger partial charge in [0, 0.05) is 61.6 Å². The van der Waals surface area contributed by atoms with Crippen molar-refractivity contribution in [2.75, 3.05) is 62.3 Å². The molecular weight excluding hydrogens is 424 g/mol. The van der Waals surface area contributed by atoms with Crippen LogP contribution in [0.1, 0.15) is 15.9 Å². The highest BCUT2D eigenvalue weighted by Crippen LogP contribution is 2.34. The molecule has 5 rings (SSSR count). The maximum Gasteiger partial charge on any atom is 0.257 e. The van der Waals surface area contributed by atoms with Crippen LogP contribution in [-0.2, 0) is 4.74 Å². The van der Waals surface area contributed by atoms with Gasteiger partial charge in [0.25, 0.3) is 5.91 Å². The standard InChI is InChI=1S/C25H27ClN4O2/c1-18-4-2-3-5-23(18)28-8-10-29(11-9-28)24-20-16-19(26)6-7-22(20)27-17-21(24)25(31)30-12-14-32-15-13-30/h2-7,16-17H,8-15H2,1H3. The number of hydrogen-bond acceptors (Lipinski definition) is 5. The lowest BCUT2D eigenvalue weighted by Crippen LogP contribution is -2.48. The number of nitrogens with zero attached hydrogens (tertiary/aromatic N) is 4. The number of amides is 1. The fraction of sp³-hybridized carbons (Fsp3) is 0.360. The van der Waals surface area contributed by atoms with E-state index in [-0.39, 0.29) is 5.91 Å². The maximum atomic E-state index is 13.5. The van der Waals surface area contributed by atoms with E-state index >= 15 is 0 Å². The van der Waals surface area contributed by atoms with Crippen molar-refractivity contribution >= 4 is 39.8 Å². The van der Waals surface area contributed by atoms with Crippen LogP contribution < -0.4 is 9.80 Å². The van der Waals surface area contributed by atoms with Crippen molar-refractivity contribution in [1.82, 2.24) is 9.88 Å². The third kappa shape index (κ3) is 4.00. The van der Waals surface area contributed by atoms with E-state index in [2.05, 4.69) is 46.0 Å². The fourth-order valence-corrected chi connectivity index (χ4v) is 4.85. The highest BCUT2D eigenvalue weighted by atomic mass is 35.5. The number of pyridine rings is 1. The molecule has 3 aromatic rings. The molecule has 2 saturated heterocycles. The van der Waals surface area contributed by atoms with E-state index in [1.54, 1.807) is 6.20 Å². The van der Waals surface area contributed by atoms with Gasteiger partial charge >= 0.3 is 0 Å². The molecule has 0 atom stereocenters. The molecule has 2 aromatic carbocycles. The number of hydrogen-bond donors (Lipinski definition) is 0. The molecule has 1 aromatic heterocycles. The number of carbonyl (C=O) groups is 1. The second kappa shape index (κ2) is 8.96. The van der Waals surface area contributed by atoms with E-state index in [9.17, 15) is 4.79 Å². The van der Waals surface area contributed by atoms with E-state index in [4.69, 9.17) is 16.3 Å². The Morgan fingerprint density at radius 1 is 0.969 bits per heavy atom. The van der Waals surface area contributed by atoms with Crippen molar-refractivity contribution in [3.05, 3.63) is 64.8 Å². The van der Waals surface area contributed by atoms with Crippen LogP contribution in [0.15, 0.2) is 48.7 Å². The van der Waals surface area contributed by atoms with Gasteiger partial charge in [0.2, 0.25) is 0 Å². The second-order valence-electron chi connectivity index (χ2n) is 8.35. The average molecular weight is 451 g/mol. The van der Waals surface area contributed by atoms with Crippen LogP contribution in [0, 0.1) is 6.92 Å². The zero-order valence-electron chi connectivity index (χ0n) is 18.3. The molecule has 166 valence electrons. The van der Waals surface area contributed by atoms with Gasteiger partial charge in [0.05, 0.1) is 30.0 Å². The Balaban J connectivity index is 1.50. The van der Waals surface area contributed by atoms with Gasteiger partial charge in [-0.05, 0) is 36.8 Å². The number of piperazine rings is 1. The first kappa shape index (κ1) is 21.0. The van der Waals surface area contributed by atoms with Gasteiger partial charge in [-0.25, -0.2) is 0 Å². The van der Waals surface area contributed by atoms with Crippen molar-refractivity contribution in [3.63, 3.8) is 0 Å². The van der Waals surface area contributed by atoms with Gasteiger partial charge in [-0.1, -0.05) is 29.8 Å². The molecule has 3 heterocycles. The van der Waals surface area contributed by atoms with Gasteiger partial charge in [-0.15, -0.1) is 0 Å². The van der Waals surface area contributed by atoms with Gasteiger partial charge in [0.15, 0.2) is 0 Å². The summed E-state index contributed by atoms with van der Waals surface area (Å²) in [4.78, 5) is 24.7. The average Bonchev–Trinajstić information content (AvgIpc) is 2.84. The highest BCUT2D eigenvalue weighted by molar-refractivity contribution is 6.31. The number of rotatable bonds is 3. The minimum Gasteiger partial charge on any atom is -0.378 e. The number of morpholine rings is 1. The summed E-state index contributed by atoms with van der Waals surface area (Å²) in [6.07, 6.45) is 1.73. The summed E-state index contributed by atoms with van der Waals surface area (Å²) in [6.45, 7) is 7.93. The number of carbonyl (C=O) groups excluding carboxylic acids is 1. The van der Waals surface area contributed by atoms with Crippen LogP contribution in [0.3, 0.4) is 0 Å². The summed E-state index contributed by atoms with van der Waals surface area (Å²) in [5, 5.41) is 1.58. The molecule has 0 saturated carbocycles. The van der Waals surface area contributed by atoms with Gasteiger partial charge in [-0.3, -0.25) is 9.78 Å². The number of para-hydroxylation sites is 1. The molecular formula is C25H27ClN4O2. The Kier molecular flexibility index (Phi) is 5.89. The monoisotopic (exact) mass is 450 g/mol. The normalized spacial score (nSPS) is 17.1. The molecule has 0 unspecified atom stereocenters. The first-order chi connectivity index (χ1) is 15.6. The van der Waals surface area contributed by atoms with Gasteiger partial charge < -0.3 is 19.4 Å². The lowest BCUT2D eigenvalue weighted by Gasteiger charge is -2.39. The number of aryl methyl sites for hydroxylation is 1. The summed E-state index contributed by atoms with van der Waals surface area (Å²) in [6, 6.07) is 14.2. The molecule has 2 aliphatic rings. The first-order valence-corrected chi connectivity index (χ1v) is 11.5. The Morgan fingerprint density at radius 3 is 2.44 bits per heavy atom. The van der Waals surface area contributed by atoms with Crippen LogP contribution in [0.25, 0.3) is 10.9 Å². The van der Waals surface area contributed by atoms with E-state index in [0.29, 0.717) is 36.9 Å². The predicted molar refractivity (Wildman–Crippen MR) is 129 cm³/mol. The summed E-state index contributed by atoms with van der Waals surface area (Å²) in [5.41, 5.74) is 5.00. The minimum absolute atomic E-state index is 0.0130. The number of anilines is 2. The smallest absolute Gasteiger partial charge is 0.257 e. The molecule has 0 radical (unpaired) electrons. The SMILES string of the molecule is Cc1ccccc1N1CCN(c2c(C(=O)N3CCOCC3)cnc3ccc(Cl)cc23)CC1. The largest absolute Gasteiger partial charge is 0.378 e. The topological polar surface area (TPSA) is 48.9 Å². The van der Waals surface area contributed by atoms with Crippen LogP contribution in [0.5, 0.6) is 0 Å². The van der Waals surface area contributed by atoms with E-state index in [0.717, 1.165) is 42.8 Å². The summed E-state index contributed by atoms with van der Waals surface area (Å²) in [5.74, 6) is 0.0130. The molecule has 7 heteroatoms. The molecule has 0 N–H and O–H groups in total. The van der Waals surface area contributed by atoms with Gasteiger partial charge in [0.1, 0.15) is 0 Å². The zero-order valence-corrected chi connectivity index (χ0v) is 19.0. The number of aromatic nitrogens is 1. The van der Waals surface area contributed by atoms with Crippen LogP contribution in [0.4, 0.5) is 11.4 Å². The van der Waals surface area contributed by atoms with E-state index < -0.39 is 0 Å². The number of ether oxygens (including phenoxy) is 1. The Labute approximate surface area is 193 Å². The third-order valence-corrected chi connectivity index (χ3v) is 6.62. The third-order valence-electron chi connectivity index (χ3n) is 6.38.